The van der Waals surface area contributed by atoms with Crippen molar-refractivity contribution in [2.24, 2.45) is 0 Å². The Morgan fingerprint density at radius 3 is 2.80 bits per heavy atom. The average molecular weight is 77.1 g/mol. The van der Waals surface area contributed by atoms with E-state index in [1.54, 1.807) is 6.92 Å². The Kier molecular flexibility index (Phi) is 1.36. The van der Waals surface area contributed by atoms with Crippen molar-refractivity contribution in [3.8, 4) is 0 Å². The zero-order valence-electron chi connectivity index (χ0n) is 4.14. The first-order valence-electron chi connectivity index (χ1n) is 1.95. The molecule has 0 aromatic heterocycles. The maximum absolute atomic E-state index is 8.09. The highest BCUT2D eigenvalue weighted by Gasteiger charge is 1.83. The fourth-order valence-corrected chi connectivity index (χ4v) is 0. The Hall–Kier alpha value is -0.0800. The Morgan fingerprint density at radius 1 is 2.20 bits per heavy atom. The predicted octanol–water partition coefficient (Wildman–Crippen LogP) is -0.641. The summed E-state index contributed by atoms with van der Waals surface area (Å²) in [5.74, 6) is 0. The van der Waals surface area contributed by atoms with Crippen molar-refractivity contribution in [3.05, 3.63) is 0 Å². The summed E-state index contributed by atoms with van der Waals surface area (Å²) >= 11 is 0. The SMILES string of the molecule is [2H]OC(C)CO. The first-order chi connectivity index (χ1) is 2.81. The highest BCUT2D eigenvalue weighted by Crippen LogP contribution is 1.68. The van der Waals surface area contributed by atoms with Crippen molar-refractivity contribution in [2.45, 2.75) is 13.0 Å². The molecule has 0 fully saturated rings. The van der Waals surface area contributed by atoms with E-state index in [1.165, 1.54) is 0 Å². The molecule has 1 unspecified atom stereocenters. The summed E-state index contributed by atoms with van der Waals surface area (Å²) < 4.78 is 6.15. The van der Waals surface area contributed by atoms with E-state index in [2.05, 4.69) is 5.11 Å². The maximum atomic E-state index is 8.09. The Balaban J connectivity index is 2.75. The average Bonchev–Trinajstić information content (AvgIpc) is 1.65. The molecule has 0 aliphatic rings. The molecule has 1 atom stereocenters. The van der Waals surface area contributed by atoms with Crippen LogP contribution in [0, 0.1) is 0 Å². The molecule has 0 aliphatic carbocycles. The van der Waals surface area contributed by atoms with Gasteiger partial charge in [-0.1, -0.05) is 0 Å². The third-order valence-electron chi connectivity index (χ3n) is 0.257. The summed E-state index contributed by atoms with van der Waals surface area (Å²) in [5.41, 5.74) is 0. The molecule has 0 saturated carbocycles. The summed E-state index contributed by atoms with van der Waals surface area (Å²) in [5, 5.41) is 12.0. The van der Waals surface area contributed by atoms with E-state index < -0.39 is 0 Å². The summed E-state index contributed by atoms with van der Waals surface area (Å²) in [6, 6.07) is 0. The molecule has 0 rings (SSSR count). The lowest BCUT2D eigenvalue weighted by molar-refractivity contribution is 0.110. The number of rotatable bonds is 2. The predicted molar refractivity (Wildman–Crippen MR) is 18.8 cm³/mol. The number of aliphatic hydroxyl groups excluding tert-OH is 2. The van der Waals surface area contributed by atoms with E-state index in [-0.39, 0.29) is 12.7 Å². The van der Waals surface area contributed by atoms with Crippen LogP contribution in [0.3, 0.4) is 0 Å². The fourth-order valence-electron chi connectivity index (χ4n) is 0. The Bertz CT molecular complexity index is 28.0. The minimum atomic E-state index is -0.343. The van der Waals surface area contributed by atoms with Crippen molar-refractivity contribution < 1.29 is 10.2 Å². The van der Waals surface area contributed by atoms with E-state index in [4.69, 9.17) is 6.54 Å². The first kappa shape index (κ1) is 3.12. The molecule has 2 heteroatoms. The molecule has 0 radical (unpaired) electrons. The minimum absolute atomic E-state index is 0.0799. The molecule has 0 saturated heterocycles. The normalized spacial score (nSPS) is 17.6. The van der Waals surface area contributed by atoms with E-state index in [9.17, 15) is 0 Å². The summed E-state index contributed by atoms with van der Waals surface area (Å²) in [6.07, 6.45) is -0.343. The zero-order chi connectivity index (χ0) is 4.99. The largest absolute Gasteiger partial charge is 0.394 e. The highest BCUT2D eigenvalue weighted by molar-refractivity contribution is 4.33. The second kappa shape index (κ2) is 2.18. The molecule has 0 bridgehead atoms. The number of hydrogen-bond donors (Lipinski definition) is 2. The van der Waals surface area contributed by atoms with Gasteiger partial charge in [0, 0.05) is 0 Å². The second-order valence-corrected chi connectivity index (χ2v) is 0.993. The fraction of sp³-hybridized carbons (Fsp3) is 1.00. The lowest BCUT2D eigenvalue weighted by atomic mass is 10.5. The lowest BCUT2D eigenvalue weighted by Gasteiger charge is -1.90. The van der Waals surface area contributed by atoms with Crippen LogP contribution in [-0.4, -0.2) is 24.4 Å². The molecular weight excluding hydrogens is 68.0 g/mol. The van der Waals surface area contributed by atoms with Gasteiger partial charge in [0.05, 0.1) is 12.7 Å². The van der Waals surface area contributed by atoms with E-state index in [0.29, 0.717) is 0 Å². The third kappa shape index (κ3) is 3.92. The van der Waals surface area contributed by atoms with E-state index in [1.807, 2.05) is 0 Å². The van der Waals surface area contributed by atoms with Gasteiger partial charge >= 0.3 is 0 Å². The molecular formula is C3H8O2. The van der Waals surface area contributed by atoms with Gasteiger partial charge in [-0.3, -0.25) is 0 Å². The van der Waals surface area contributed by atoms with Crippen LogP contribution in [0.2, 0.25) is 0 Å². The van der Waals surface area contributed by atoms with Gasteiger partial charge in [-0.15, -0.1) is 0 Å². The van der Waals surface area contributed by atoms with Gasteiger partial charge in [0.1, 0.15) is 0 Å². The van der Waals surface area contributed by atoms with Crippen molar-refractivity contribution in [2.75, 3.05) is 6.61 Å². The van der Waals surface area contributed by atoms with Crippen LogP contribution >= 0.6 is 0 Å². The molecule has 2 nitrogen and oxygen atoms in total. The molecule has 0 amide bonds. The van der Waals surface area contributed by atoms with Crippen LogP contribution in [0.4, 0.5) is 0 Å². The van der Waals surface area contributed by atoms with Gasteiger partial charge < -0.3 is 10.2 Å². The molecule has 5 heavy (non-hydrogen) atoms. The standard InChI is InChI=1S/C3H8O2/c1-3(5)2-4/h3-5H,2H2,1H3/i5D. The van der Waals surface area contributed by atoms with E-state index >= 15 is 0 Å². The van der Waals surface area contributed by atoms with Gasteiger partial charge in [-0.2, -0.15) is 0 Å². The first-order valence-corrected chi connectivity index (χ1v) is 1.54. The molecule has 0 spiro atoms. The Morgan fingerprint density at radius 2 is 2.80 bits per heavy atom. The monoisotopic (exact) mass is 77.1 g/mol. The van der Waals surface area contributed by atoms with Crippen LogP contribution in [0.5, 0.6) is 0 Å². The van der Waals surface area contributed by atoms with Crippen molar-refractivity contribution in [3.63, 3.8) is 0 Å². The van der Waals surface area contributed by atoms with Crippen LogP contribution < -0.4 is 0 Å². The van der Waals surface area contributed by atoms with Crippen LogP contribution in [-0.2, 0) is 0 Å². The molecule has 0 aromatic rings. The van der Waals surface area contributed by atoms with Gasteiger partial charge in [-0.05, 0) is 6.92 Å². The second-order valence-electron chi connectivity index (χ2n) is 0.993. The topological polar surface area (TPSA) is 40.5 Å². The van der Waals surface area contributed by atoms with Crippen molar-refractivity contribution in [1.29, 1.82) is 1.43 Å². The van der Waals surface area contributed by atoms with Crippen LogP contribution in [0.15, 0.2) is 0 Å². The van der Waals surface area contributed by atoms with Crippen LogP contribution in [0.25, 0.3) is 0 Å². The van der Waals surface area contributed by atoms with Gasteiger partial charge in [0.15, 0.2) is 0 Å². The highest BCUT2D eigenvalue weighted by atomic mass is 16.3. The van der Waals surface area contributed by atoms with Crippen molar-refractivity contribution in [1.82, 2.24) is 0 Å². The minimum Gasteiger partial charge on any atom is -0.394 e. The number of aliphatic hydroxyl groups is 2. The summed E-state index contributed by atoms with van der Waals surface area (Å²) in [4.78, 5) is 0. The quantitative estimate of drug-likeness (QED) is 0.460. The maximum Gasteiger partial charge on any atom is 0.211 e. The van der Waals surface area contributed by atoms with Gasteiger partial charge in [0.25, 0.3) is 0 Å². The summed E-state index contributed by atoms with van der Waals surface area (Å²) in [7, 11) is 0. The molecule has 0 aromatic carbocycles. The molecule has 0 heterocycles. The third-order valence-corrected chi connectivity index (χ3v) is 0.257. The van der Waals surface area contributed by atoms with Gasteiger partial charge in [0.2, 0.25) is 1.43 Å². The van der Waals surface area contributed by atoms with Gasteiger partial charge in [-0.25, -0.2) is 0 Å². The molecule has 32 valence electrons. The lowest BCUT2D eigenvalue weighted by Crippen LogP contribution is -2.03. The zero-order valence-corrected chi connectivity index (χ0v) is 3.14. The van der Waals surface area contributed by atoms with E-state index in [0.717, 1.165) is 0 Å². The Labute approximate surface area is 32.5 Å². The molecule has 0 aliphatic heterocycles. The molecule has 2 N–H and O–H groups in total. The van der Waals surface area contributed by atoms with Crippen LogP contribution in [0.1, 0.15) is 6.92 Å². The summed E-state index contributed by atoms with van der Waals surface area (Å²) in [6.45, 7) is 1.54. The van der Waals surface area contributed by atoms with Crippen molar-refractivity contribution >= 4 is 0 Å². The smallest absolute Gasteiger partial charge is 0.211 e. The number of hydrogen-bond acceptors (Lipinski definition) is 2.